The molecule has 0 bridgehead atoms. The molecular formula is C23H13Cl3N2O4S. The zero-order chi connectivity index (χ0) is 23.4. The second-order valence-corrected chi connectivity index (χ2v) is 9.47. The Morgan fingerprint density at radius 2 is 1.82 bits per heavy atom. The highest BCUT2D eigenvalue weighted by atomic mass is 35.5. The normalized spacial score (nSPS) is 11.4. The van der Waals surface area contributed by atoms with Crippen molar-refractivity contribution >= 4 is 62.1 Å². The molecule has 33 heavy (non-hydrogen) atoms. The number of fused-ring (bicyclic) bond motifs is 1. The average Bonchev–Trinajstić information content (AvgIpc) is 3.46. The van der Waals surface area contributed by atoms with Crippen LogP contribution in [0.3, 0.4) is 0 Å². The van der Waals surface area contributed by atoms with E-state index in [1.807, 2.05) is 0 Å². The average molecular weight is 520 g/mol. The van der Waals surface area contributed by atoms with E-state index in [-0.39, 0.29) is 22.0 Å². The van der Waals surface area contributed by atoms with Crippen molar-refractivity contribution in [2.45, 2.75) is 6.92 Å². The van der Waals surface area contributed by atoms with Crippen LogP contribution in [-0.2, 0) is 0 Å². The largest absolute Gasteiger partial charge is 0.503 e. The predicted octanol–water partition coefficient (Wildman–Crippen LogP) is 7.26. The van der Waals surface area contributed by atoms with E-state index in [1.54, 1.807) is 49.4 Å². The van der Waals surface area contributed by atoms with Gasteiger partial charge in [-0.05, 0) is 49.4 Å². The van der Waals surface area contributed by atoms with Crippen LogP contribution in [0.4, 0.5) is 0 Å². The van der Waals surface area contributed by atoms with Gasteiger partial charge in [-0.15, -0.1) is 0 Å². The first-order valence-electron chi connectivity index (χ1n) is 9.54. The van der Waals surface area contributed by atoms with E-state index in [1.165, 1.54) is 22.0 Å². The van der Waals surface area contributed by atoms with Crippen LogP contribution in [0.5, 0.6) is 11.6 Å². The Morgan fingerprint density at radius 3 is 2.52 bits per heavy atom. The number of aromatic nitrogens is 2. The molecule has 0 aliphatic rings. The van der Waals surface area contributed by atoms with Gasteiger partial charge in [-0.25, -0.2) is 4.98 Å². The molecule has 0 spiro atoms. The Labute approximate surface area is 206 Å². The number of carbonyl (C=O) groups excluding carboxylic acids is 1. The number of hydrogen-bond donors (Lipinski definition) is 2. The molecule has 0 unspecified atom stereocenters. The highest BCUT2D eigenvalue weighted by Crippen LogP contribution is 2.46. The number of aromatic hydroxyl groups is 2. The zero-order valence-corrected chi connectivity index (χ0v) is 19.9. The van der Waals surface area contributed by atoms with E-state index in [2.05, 4.69) is 4.98 Å². The lowest BCUT2D eigenvalue weighted by Crippen LogP contribution is -2.04. The second kappa shape index (κ2) is 8.11. The highest BCUT2D eigenvalue weighted by Gasteiger charge is 2.32. The third-order valence-corrected chi connectivity index (χ3v) is 7.01. The number of halogens is 3. The molecule has 0 fully saturated rings. The lowest BCUT2D eigenvalue weighted by molar-refractivity contribution is 0.101. The van der Waals surface area contributed by atoms with Gasteiger partial charge in [0.1, 0.15) is 5.76 Å². The Balaban J connectivity index is 1.83. The molecule has 3 heterocycles. The number of nitrogens with zero attached hydrogens (tertiary/aromatic N) is 2. The van der Waals surface area contributed by atoms with Gasteiger partial charge in [-0.3, -0.25) is 9.36 Å². The third-order valence-electron chi connectivity index (χ3n) is 5.04. The van der Waals surface area contributed by atoms with Gasteiger partial charge in [-0.2, -0.15) is 0 Å². The number of aryl methyl sites for hydroxylation is 1. The van der Waals surface area contributed by atoms with E-state index in [9.17, 15) is 15.0 Å². The summed E-state index contributed by atoms with van der Waals surface area (Å²) in [5.41, 5.74) is 1.11. The summed E-state index contributed by atoms with van der Waals surface area (Å²) >= 11 is 19.7. The molecule has 0 aliphatic heterocycles. The summed E-state index contributed by atoms with van der Waals surface area (Å²) in [7, 11) is 0. The lowest BCUT2D eigenvalue weighted by Gasteiger charge is -2.10. The summed E-state index contributed by atoms with van der Waals surface area (Å²) in [5, 5.41) is 23.2. The van der Waals surface area contributed by atoms with Crippen LogP contribution in [0, 0.1) is 6.92 Å². The fraction of sp³-hybridized carbons (Fsp3) is 0.0435. The number of rotatable bonds is 4. The first-order chi connectivity index (χ1) is 15.7. The molecule has 0 saturated carbocycles. The Bertz CT molecular complexity index is 1570. The quantitative estimate of drug-likeness (QED) is 0.244. The smallest absolute Gasteiger partial charge is 0.242 e. The monoisotopic (exact) mass is 518 g/mol. The van der Waals surface area contributed by atoms with Crippen LogP contribution in [0.1, 0.15) is 21.9 Å². The molecule has 0 saturated heterocycles. The molecule has 2 aromatic carbocycles. The van der Waals surface area contributed by atoms with Crippen molar-refractivity contribution in [2.24, 2.45) is 0 Å². The van der Waals surface area contributed by atoms with E-state index in [0.29, 0.717) is 32.0 Å². The van der Waals surface area contributed by atoms with Gasteiger partial charge in [0, 0.05) is 10.6 Å². The molecule has 10 heteroatoms. The summed E-state index contributed by atoms with van der Waals surface area (Å²) in [6, 6.07) is 13.1. The minimum absolute atomic E-state index is 0.0114. The van der Waals surface area contributed by atoms with Crippen molar-refractivity contribution < 1.29 is 19.4 Å². The van der Waals surface area contributed by atoms with Gasteiger partial charge in [0.05, 0.1) is 31.5 Å². The number of benzene rings is 2. The SMILES string of the molecule is Cc1ccc(C(=O)c2c(O)c(O)n(-c3nc4ccc(Cl)cc4s3)c2-c2ccc(Cl)c(Cl)c2)o1. The van der Waals surface area contributed by atoms with Crippen molar-refractivity contribution in [3.05, 3.63) is 80.7 Å². The van der Waals surface area contributed by atoms with Crippen LogP contribution < -0.4 is 0 Å². The van der Waals surface area contributed by atoms with Gasteiger partial charge >= 0.3 is 0 Å². The van der Waals surface area contributed by atoms with Crippen molar-refractivity contribution in [1.82, 2.24) is 9.55 Å². The fourth-order valence-corrected chi connectivity index (χ4v) is 5.08. The lowest BCUT2D eigenvalue weighted by atomic mass is 10.0. The molecule has 3 aromatic heterocycles. The highest BCUT2D eigenvalue weighted by molar-refractivity contribution is 7.20. The first kappa shape index (κ1) is 21.9. The molecule has 166 valence electrons. The number of thiazole rings is 1. The number of carbonyl (C=O) groups is 1. The molecule has 2 N–H and O–H groups in total. The van der Waals surface area contributed by atoms with Crippen molar-refractivity contribution in [3.63, 3.8) is 0 Å². The Hall–Kier alpha value is -2.97. The molecule has 0 radical (unpaired) electrons. The summed E-state index contributed by atoms with van der Waals surface area (Å²) in [6.45, 7) is 1.70. The van der Waals surface area contributed by atoms with Gasteiger partial charge < -0.3 is 14.6 Å². The van der Waals surface area contributed by atoms with Gasteiger partial charge in [0.2, 0.25) is 11.7 Å². The van der Waals surface area contributed by atoms with E-state index in [0.717, 1.165) is 4.70 Å². The van der Waals surface area contributed by atoms with Crippen molar-refractivity contribution in [2.75, 3.05) is 0 Å². The van der Waals surface area contributed by atoms with Crippen LogP contribution in [-0.4, -0.2) is 25.5 Å². The molecular weight excluding hydrogens is 507 g/mol. The Kier molecular flexibility index (Phi) is 5.37. The summed E-state index contributed by atoms with van der Waals surface area (Å²) in [5.74, 6) is -1.22. The van der Waals surface area contributed by atoms with Gasteiger partial charge in [0.15, 0.2) is 16.6 Å². The second-order valence-electron chi connectivity index (χ2n) is 7.21. The van der Waals surface area contributed by atoms with Crippen molar-refractivity contribution in [3.8, 4) is 28.0 Å². The van der Waals surface area contributed by atoms with E-state index in [4.69, 9.17) is 39.2 Å². The van der Waals surface area contributed by atoms with E-state index >= 15 is 0 Å². The summed E-state index contributed by atoms with van der Waals surface area (Å²) < 4.78 is 7.54. The maximum absolute atomic E-state index is 13.4. The minimum atomic E-state index is -0.611. The minimum Gasteiger partial charge on any atom is -0.503 e. The standard InChI is InChI=1S/C23H13Cl3N2O4S/c1-10-2-7-16(32-10)20(29)18-19(11-3-5-13(25)14(26)8-11)28(22(31)21(18)30)23-27-15-6-4-12(24)9-17(15)33-23/h2-9,30-31H,1H3. The van der Waals surface area contributed by atoms with Crippen LogP contribution in [0.2, 0.25) is 15.1 Å². The molecule has 6 nitrogen and oxygen atoms in total. The van der Waals surface area contributed by atoms with Gasteiger partial charge in [-0.1, -0.05) is 52.2 Å². The molecule has 5 aromatic rings. The zero-order valence-electron chi connectivity index (χ0n) is 16.8. The number of ketones is 1. The maximum Gasteiger partial charge on any atom is 0.242 e. The van der Waals surface area contributed by atoms with Crippen LogP contribution >= 0.6 is 46.1 Å². The molecule has 0 aliphatic carbocycles. The molecule has 0 amide bonds. The fourth-order valence-electron chi connectivity index (χ4n) is 3.53. The molecule has 0 atom stereocenters. The first-order valence-corrected chi connectivity index (χ1v) is 11.5. The van der Waals surface area contributed by atoms with Gasteiger partial charge in [0.25, 0.3) is 0 Å². The van der Waals surface area contributed by atoms with Crippen LogP contribution in [0.15, 0.2) is 52.9 Å². The third kappa shape index (κ3) is 3.67. The van der Waals surface area contributed by atoms with E-state index < -0.39 is 17.4 Å². The number of hydrogen-bond acceptors (Lipinski definition) is 6. The summed E-state index contributed by atoms with van der Waals surface area (Å²) in [6.07, 6.45) is 0. The molecule has 5 rings (SSSR count). The van der Waals surface area contributed by atoms with Crippen LogP contribution in [0.25, 0.3) is 26.6 Å². The van der Waals surface area contributed by atoms with Crippen molar-refractivity contribution in [1.29, 1.82) is 0 Å². The topological polar surface area (TPSA) is 88.5 Å². The number of furan rings is 1. The Morgan fingerprint density at radius 1 is 1.03 bits per heavy atom. The summed E-state index contributed by atoms with van der Waals surface area (Å²) in [4.78, 5) is 17.9. The maximum atomic E-state index is 13.4. The predicted molar refractivity (Wildman–Crippen MR) is 130 cm³/mol.